The summed E-state index contributed by atoms with van der Waals surface area (Å²) in [4.78, 5) is 2.34. The van der Waals surface area contributed by atoms with Crippen molar-refractivity contribution >= 4 is 73.0 Å². The number of fused-ring (bicyclic) bond motifs is 5. The molecular weight excluding hydrogens is 655 g/mol. The highest BCUT2D eigenvalue weighted by atomic mass is 15.1. The minimum absolute atomic E-state index is 1.08. The summed E-state index contributed by atoms with van der Waals surface area (Å²) in [5.41, 5.74) is 15.0. The zero-order valence-electron chi connectivity index (χ0n) is 30.0. The van der Waals surface area contributed by atoms with Crippen LogP contribution in [0.5, 0.6) is 0 Å². The standard InChI is InChI=1S/C51H37N3/c1-3-14-48-42(4-2)44-33-41(28-30-49(44)54(48)39-19-9-6-10-20-39)53(38-17-7-5-8-18-38)40-26-23-34(24-27-40)37-31-36-16-13-22-46-50(36)45(32-37)51-43-21-12-11-15-35(43)25-29-47(51)52-46/h3-33,52H,2H2,1H3/b14-3-. The molecule has 1 N–H and O–H groups in total. The van der Waals surface area contributed by atoms with Gasteiger partial charge < -0.3 is 14.8 Å². The Labute approximate surface area is 315 Å². The molecule has 0 bridgehead atoms. The Hall–Kier alpha value is -7.10. The van der Waals surface area contributed by atoms with Crippen LogP contribution < -0.4 is 10.2 Å². The first-order valence-electron chi connectivity index (χ1n) is 18.5. The van der Waals surface area contributed by atoms with E-state index in [1.807, 2.05) is 6.08 Å². The Morgan fingerprint density at radius 2 is 1.30 bits per heavy atom. The molecule has 0 unspecified atom stereocenters. The molecule has 0 aliphatic carbocycles. The van der Waals surface area contributed by atoms with Gasteiger partial charge in [-0.05, 0) is 125 Å². The monoisotopic (exact) mass is 691 g/mol. The van der Waals surface area contributed by atoms with E-state index in [1.165, 1.54) is 43.8 Å². The van der Waals surface area contributed by atoms with E-state index in [9.17, 15) is 0 Å². The quantitative estimate of drug-likeness (QED) is 0.180. The number of rotatable bonds is 7. The molecule has 0 spiro atoms. The summed E-state index contributed by atoms with van der Waals surface area (Å²) in [7, 11) is 0. The van der Waals surface area contributed by atoms with Crippen molar-refractivity contribution in [3.63, 3.8) is 0 Å². The molecule has 8 aromatic carbocycles. The highest BCUT2D eigenvalue weighted by Crippen LogP contribution is 2.49. The van der Waals surface area contributed by atoms with Crippen LogP contribution in [0, 0.1) is 0 Å². The Bertz CT molecular complexity index is 2920. The largest absolute Gasteiger partial charge is 0.354 e. The lowest BCUT2D eigenvalue weighted by Gasteiger charge is -2.26. The normalized spacial score (nSPS) is 11.9. The lowest BCUT2D eigenvalue weighted by atomic mass is 9.86. The number of hydrogen-bond acceptors (Lipinski definition) is 2. The lowest BCUT2D eigenvalue weighted by Crippen LogP contribution is -2.09. The average molecular weight is 692 g/mol. The summed E-state index contributed by atoms with van der Waals surface area (Å²) in [5, 5.41) is 9.89. The fraction of sp³-hybridized carbons (Fsp3) is 0.0196. The first-order chi connectivity index (χ1) is 26.7. The van der Waals surface area contributed by atoms with Crippen LogP contribution in [0.4, 0.5) is 28.4 Å². The summed E-state index contributed by atoms with van der Waals surface area (Å²) in [6.45, 7) is 6.33. The van der Waals surface area contributed by atoms with Crippen LogP contribution in [0.15, 0.2) is 183 Å². The van der Waals surface area contributed by atoms with Crippen LogP contribution in [-0.4, -0.2) is 4.57 Å². The fourth-order valence-electron chi connectivity index (χ4n) is 8.39. The van der Waals surface area contributed by atoms with Crippen molar-refractivity contribution in [3.8, 4) is 27.9 Å². The van der Waals surface area contributed by atoms with Crippen LogP contribution in [0.25, 0.3) is 72.5 Å². The Balaban J connectivity index is 1.11. The number of benzene rings is 8. The average Bonchev–Trinajstić information content (AvgIpc) is 3.54. The minimum Gasteiger partial charge on any atom is -0.354 e. The predicted octanol–water partition coefficient (Wildman–Crippen LogP) is 14.5. The molecule has 3 heteroatoms. The van der Waals surface area contributed by atoms with E-state index in [0.29, 0.717) is 0 Å². The second-order valence-electron chi connectivity index (χ2n) is 13.9. The Morgan fingerprint density at radius 1 is 0.574 bits per heavy atom. The molecule has 1 aliphatic heterocycles. The maximum atomic E-state index is 4.26. The van der Waals surface area contributed by atoms with Crippen LogP contribution in [-0.2, 0) is 0 Å². The van der Waals surface area contributed by atoms with Gasteiger partial charge in [-0.1, -0.05) is 110 Å². The molecule has 1 aromatic heterocycles. The number of allylic oxidation sites excluding steroid dienone is 1. The third-order valence-corrected chi connectivity index (χ3v) is 10.7. The van der Waals surface area contributed by atoms with Crippen LogP contribution >= 0.6 is 0 Å². The number of nitrogens with one attached hydrogen (secondary N) is 1. The summed E-state index contributed by atoms with van der Waals surface area (Å²) in [6, 6.07) is 61.4. The highest BCUT2D eigenvalue weighted by molar-refractivity contribution is 6.18. The molecule has 1 aliphatic rings. The zero-order valence-corrected chi connectivity index (χ0v) is 30.0. The molecule has 0 atom stereocenters. The smallest absolute Gasteiger partial charge is 0.0542 e. The molecule has 9 aromatic rings. The molecule has 54 heavy (non-hydrogen) atoms. The van der Waals surface area contributed by atoms with Crippen molar-refractivity contribution in [1.29, 1.82) is 0 Å². The van der Waals surface area contributed by atoms with Gasteiger partial charge in [0.05, 0.1) is 11.2 Å². The van der Waals surface area contributed by atoms with E-state index in [-0.39, 0.29) is 0 Å². The summed E-state index contributed by atoms with van der Waals surface area (Å²) in [5.74, 6) is 0. The first kappa shape index (κ1) is 31.6. The van der Waals surface area contributed by atoms with Crippen molar-refractivity contribution in [2.75, 3.05) is 10.2 Å². The topological polar surface area (TPSA) is 20.2 Å². The van der Waals surface area contributed by atoms with Crippen molar-refractivity contribution < 1.29 is 0 Å². The van der Waals surface area contributed by atoms with Gasteiger partial charge in [0.15, 0.2) is 0 Å². The van der Waals surface area contributed by atoms with Gasteiger partial charge in [-0.3, -0.25) is 0 Å². The molecule has 0 radical (unpaired) electrons. The van der Waals surface area contributed by atoms with Gasteiger partial charge in [0.1, 0.15) is 0 Å². The molecule has 256 valence electrons. The van der Waals surface area contributed by atoms with Gasteiger partial charge in [-0.2, -0.15) is 0 Å². The third-order valence-electron chi connectivity index (χ3n) is 10.7. The van der Waals surface area contributed by atoms with Gasteiger partial charge in [0.25, 0.3) is 0 Å². The van der Waals surface area contributed by atoms with Gasteiger partial charge in [0, 0.05) is 56.0 Å². The molecular formula is C51H37N3. The molecule has 0 saturated heterocycles. The van der Waals surface area contributed by atoms with E-state index >= 15 is 0 Å². The highest BCUT2D eigenvalue weighted by Gasteiger charge is 2.22. The van der Waals surface area contributed by atoms with Crippen molar-refractivity contribution in [2.45, 2.75) is 6.92 Å². The van der Waals surface area contributed by atoms with Gasteiger partial charge >= 0.3 is 0 Å². The summed E-state index contributed by atoms with van der Waals surface area (Å²) in [6.07, 6.45) is 6.26. The van der Waals surface area contributed by atoms with Crippen molar-refractivity contribution in [3.05, 3.63) is 194 Å². The maximum absolute atomic E-state index is 4.26. The number of nitrogens with zero attached hydrogens (tertiary/aromatic N) is 2. The van der Waals surface area contributed by atoms with E-state index in [4.69, 9.17) is 0 Å². The van der Waals surface area contributed by atoms with Crippen molar-refractivity contribution in [2.24, 2.45) is 0 Å². The van der Waals surface area contributed by atoms with E-state index < -0.39 is 0 Å². The zero-order chi connectivity index (χ0) is 36.2. The second-order valence-corrected chi connectivity index (χ2v) is 13.9. The number of anilines is 5. The summed E-state index contributed by atoms with van der Waals surface area (Å²) < 4.78 is 2.33. The second kappa shape index (κ2) is 12.8. The van der Waals surface area contributed by atoms with Crippen LogP contribution in [0.1, 0.15) is 18.2 Å². The number of para-hydroxylation sites is 2. The Morgan fingerprint density at radius 3 is 2.09 bits per heavy atom. The number of hydrogen-bond donors (Lipinski definition) is 1. The number of aromatic nitrogens is 1. The Kier molecular flexibility index (Phi) is 7.52. The molecule has 10 rings (SSSR count). The summed E-state index contributed by atoms with van der Waals surface area (Å²) >= 11 is 0. The minimum atomic E-state index is 1.08. The lowest BCUT2D eigenvalue weighted by molar-refractivity contribution is 1.10. The predicted molar refractivity (Wildman–Crippen MR) is 232 cm³/mol. The first-order valence-corrected chi connectivity index (χ1v) is 18.5. The third kappa shape index (κ3) is 5.05. The maximum Gasteiger partial charge on any atom is 0.0542 e. The van der Waals surface area contributed by atoms with E-state index in [2.05, 4.69) is 210 Å². The molecule has 0 amide bonds. The van der Waals surface area contributed by atoms with Crippen molar-refractivity contribution in [1.82, 2.24) is 4.57 Å². The molecule has 0 saturated carbocycles. The van der Waals surface area contributed by atoms with Crippen LogP contribution in [0.3, 0.4) is 0 Å². The van der Waals surface area contributed by atoms with Gasteiger partial charge in [-0.15, -0.1) is 0 Å². The van der Waals surface area contributed by atoms with Crippen LogP contribution in [0.2, 0.25) is 0 Å². The van der Waals surface area contributed by atoms with Gasteiger partial charge in [-0.25, -0.2) is 0 Å². The van der Waals surface area contributed by atoms with E-state index in [1.54, 1.807) is 0 Å². The molecule has 2 heterocycles. The van der Waals surface area contributed by atoms with Gasteiger partial charge in [0.2, 0.25) is 0 Å². The SMILES string of the molecule is C=Cc1c(/C=C\C)n(-c2ccccc2)c2ccc(N(c3ccccc3)c3ccc(-c4cc5c6c(cccc6c4)Nc4ccc6ccccc6c4-5)cc3)cc12. The molecule has 0 fully saturated rings. The van der Waals surface area contributed by atoms with E-state index in [0.717, 1.165) is 56.3 Å². The fourth-order valence-corrected chi connectivity index (χ4v) is 8.39. The molecule has 3 nitrogen and oxygen atoms in total.